The van der Waals surface area contributed by atoms with E-state index in [0.717, 1.165) is 25.9 Å². The molecule has 1 saturated heterocycles. The molecule has 0 saturated carbocycles. The van der Waals surface area contributed by atoms with Gasteiger partial charge in [-0.1, -0.05) is 12.0 Å². The molecule has 5 N–H and O–H groups in total. The van der Waals surface area contributed by atoms with Crippen molar-refractivity contribution >= 4 is 29.4 Å². The van der Waals surface area contributed by atoms with Gasteiger partial charge in [-0.25, -0.2) is 0 Å². The molecule has 0 atom stereocenters. The second-order valence-corrected chi connectivity index (χ2v) is 6.17. The average Bonchev–Trinajstić information content (AvgIpc) is 3.20. The first kappa shape index (κ1) is 20.8. The molecule has 9 nitrogen and oxygen atoms in total. The van der Waals surface area contributed by atoms with Gasteiger partial charge in [-0.2, -0.15) is 0 Å². The Morgan fingerprint density at radius 1 is 1.21 bits per heavy atom. The number of anilines is 1. The van der Waals surface area contributed by atoms with Crippen LogP contribution >= 0.6 is 0 Å². The lowest BCUT2D eigenvalue weighted by Gasteiger charge is -2.19. The quantitative estimate of drug-likeness (QED) is 0.213. The largest absolute Gasteiger partial charge is 0.481 e. The first-order chi connectivity index (χ1) is 13.5. The summed E-state index contributed by atoms with van der Waals surface area (Å²) >= 11 is 0. The Morgan fingerprint density at radius 3 is 2.68 bits per heavy atom. The molecule has 1 heterocycles. The monoisotopic (exact) mass is 385 g/mol. The van der Waals surface area contributed by atoms with Crippen molar-refractivity contribution in [2.75, 3.05) is 25.0 Å². The van der Waals surface area contributed by atoms with Crippen LogP contribution < -0.4 is 16.0 Å². The van der Waals surface area contributed by atoms with Gasteiger partial charge in [0.2, 0.25) is 0 Å². The third-order valence-electron chi connectivity index (χ3n) is 3.97. The van der Waals surface area contributed by atoms with Crippen LogP contribution in [0.2, 0.25) is 0 Å². The SMILES string of the molecule is N=C(Nc1cccc(C(=O)NCC(=O)NC#CCCC(=O)O)c1)N1CCCC1. The third kappa shape index (κ3) is 6.99. The van der Waals surface area contributed by atoms with Gasteiger partial charge in [-0.05, 0) is 31.0 Å². The molecule has 0 bridgehead atoms. The number of guanidine groups is 1. The predicted molar refractivity (Wildman–Crippen MR) is 104 cm³/mol. The number of carboxylic acids is 1. The van der Waals surface area contributed by atoms with Gasteiger partial charge in [-0.3, -0.25) is 25.1 Å². The highest BCUT2D eigenvalue weighted by molar-refractivity contribution is 5.98. The van der Waals surface area contributed by atoms with Gasteiger partial charge in [-0.15, -0.1) is 0 Å². The summed E-state index contributed by atoms with van der Waals surface area (Å²) in [6.07, 6.45) is 2.17. The lowest BCUT2D eigenvalue weighted by Crippen LogP contribution is -2.35. The van der Waals surface area contributed by atoms with Crippen molar-refractivity contribution in [1.29, 1.82) is 5.41 Å². The zero-order valence-corrected chi connectivity index (χ0v) is 15.4. The Balaban J connectivity index is 1.79. The fourth-order valence-corrected chi connectivity index (χ4v) is 2.55. The first-order valence-electron chi connectivity index (χ1n) is 8.93. The van der Waals surface area contributed by atoms with Crippen molar-refractivity contribution in [3.8, 4) is 12.0 Å². The minimum atomic E-state index is -0.958. The lowest BCUT2D eigenvalue weighted by atomic mass is 10.2. The Hall–Kier alpha value is -3.54. The zero-order valence-electron chi connectivity index (χ0n) is 15.4. The van der Waals surface area contributed by atoms with Crippen LogP contribution in [0.25, 0.3) is 0 Å². The molecule has 0 radical (unpaired) electrons. The molecule has 1 aliphatic rings. The number of carbonyl (C=O) groups excluding carboxylic acids is 2. The first-order valence-corrected chi connectivity index (χ1v) is 8.93. The van der Waals surface area contributed by atoms with Gasteiger partial charge < -0.3 is 20.6 Å². The van der Waals surface area contributed by atoms with Crippen LogP contribution in [0.4, 0.5) is 5.69 Å². The van der Waals surface area contributed by atoms with Crippen LogP contribution in [0.3, 0.4) is 0 Å². The number of carboxylic acid groups (broad SMARTS) is 1. The van der Waals surface area contributed by atoms with Gasteiger partial charge in [0.25, 0.3) is 11.8 Å². The van der Waals surface area contributed by atoms with E-state index in [1.165, 1.54) is 0 Å². The second kappa shape index (κ2) is 10.6. The average molecular weight is 385 g/mol. The van der Waals surface area contributed by atoms with E-state index >= 15 is 0 Å². The number of nitrogens with one attached hydrogen (secondary N) is 4. The third-order valence-corrected chi connectivity index (χ3v) is 3.97. The van der Waals surface area contributed by atoms with Crippen LogP contribution in [0.5, 0.6) is 0 Å². The molecule has 0 aromatic heterocycles. The maximum Gasteiger partial charge on any atom is 0.304 e. The van der Waals surface area contributed by atoms with Crippen LogP contribution in [-0.2, 0) is 9.59 Å². The van der Waals surface area contributed by atoms with E-state index in [1.54, 1.807) is 24.3 Å². The number of hydrogen-bond acceptors (Lipinski definition) is 4. The van der Waals surface area contributed by atoms with E-state index in [2.05, 4.69) is 27.9 Å². The van der Waals surface area contributed by atoms with E-state index in [4.69, 9.17) is 10.5 Å². The number of amides is 2. The highest BCUT2D eigenvalue weighted by Gasteiger charge is 2.15. The topological polar surface area (TPSA) is 135 Å². The normalized spacial score (nSPS) is 12.5. The standard InChI is InChI=1S/C19H23N5O4/c20-19(24-10-3-4-11-24)23-15-7-5-6-14(12-15)18(28)22-13-16(25)21-9-2-1-8-17(26)27/h5-7,12H,1,3-4,8,10-11,13H2,(H2,20,23)(H,21,25)(H,22,28)(H,26,27). The summed E-state index contributed by atoms with van der Waals surface area (Å²) < 4.78 is 0. The van der Waals surface area contributed by atoms with Crippen LogP contribution in [0, 0.1) is 17.4 Å². The fourth-order valence-electron chi connectivity index (χ4n) is 2.55. The molecule has 28 heavy (non-hydrogen) atoms. The molecule has 1 aromatic rings. The maximum atomic E-state index is 12.2. The number of likely N-dealkylation sites (tertiary alicyclic amines) is 1. The van der Waals surface area contributed by atoms with Crippen molar-refractivity contribution < 1.29 is 19.5 Å². The second-order valence-electron chi connectivity index (χ2n) is 6.17. The summed E-state index contributed by atoms with van der Waals surface area (Å²) in [7, 11) is 0. The summed E-state index contributed by atoms with van der Waals surface area (Å²) in [6.45, 7) is 1.44. The molecule has 1 aliphatic heterocycles. The maximum absolute atomic E-state index is 12.2. The van der Waals surface area contributed by atoms with E-state index in [-0.39, 0.29) is 19.4 Å². The minimum absolute atomic E-state index is 0.0980. The van der Waals surface area contributed by atoms with E-state index in [9.17, 15) is 14.4 Å². The number of aliphatic carboxylic acids is 1. The molecular formula is C19H23N5O4. The molecule has 1 fully saturated rings. The lowest BCUT2D eigenvalue weighted by molar-refractivity contribution is -0.136. The summed E-state index contributed by atoms with van der Waals surface area (Å²) in [5.74, 6) is 0.927. The molecule has 2 amide bonds. The van der Waals surface area contributed by atoms with E-state index in [1.807, 2.05) is 4.90 Å². The Labute approximate surface area is 163 Å². The molecule has 2 rings (SSSR count). The van der Waals surface area contributed by atoms with E-state index in [0.29, 0.717) is 17.2 Å². The molecule has 9 heteroatoms. The van der Waals surface area contributed by atoms with Gasteiger partial charge in [0.1, 0.15) is 0 Å². The van der Waals surface area contributed by atoms with Crippen LogP contribution in [0.15, 0.2) is 24.3 Å². The Morgan fingerprint density at radius 2 is 1.96 bits per heavy atom. The molecule has 0 spiro atoms. The van der Waals surface area contributed by atoms with Crippen molar-refractivity contribution in [3.63, 3.8) is 0 Å². The number of benzene rings is 1. The molecule has 148 valence electrons. The summed E-state index contributed by atoms with van der Waals surface area (Å²) in [4.78, 5) is 36.1. The summed E-state index contributed by atoms with van der Waals surface area (Å²) in [5.41, 5.74) is 0.984. The highest BCUT2D eigenvalue weighted by atomic mass is 16.4. The number of rotatable bonds is 6. The van der Waals surface area contributed by atoms with Crippen molar-refractivity contribution in [1.82, 2.24) is 15.5 Å². The zero-order chi connectivity index (χ0) is 20.4. The van der Waals surface area contributed by atoms with Gasteiger partial charge >= 0.3 is 5.97 Å². The minimum Gasteiger partial charge on any atom is -0.481 e. The van der Waals surface area contributed by atoms with Crippen LogP contribution in [-0.4, -0.2) is 53.4 Å². The van der Waals surface area contributed by atoms with Crippen molar-refractivity contribution in [3.05, 3.63) is 29.8 Å². The fraction of sp³-hybridized carbons (Fsp3) is 0.368. The number of carbonyl (C=O) groups is 3. The molecular weight excluding hydrogens is 362 g/mol. The van der Waals surface area contributed by atoms with Gasteiger partial charge in [0.15, 0.2) is 5.96 Å². The number of hydrogen-bond donors (Lipinski definition) is 5. The smallest absolute Gasteiger partial charge is 0.304 e. The van der Waals surface area contributed by atoms with Gasteiger partial charge in [0, 0.05) is 36.8 Å². The van der Waals surface area contributed by atoms with E-state index < -0.39 is 17.8 Å². The Kier molecular flexibility index (Phi) is 7.84. The predicted octanol–water partition coefficient (Wildman–Crippen LogP) is 0.801. The molecule has 0 unspecified atom stereocenters. The molecule has 1 aromatic carbocycles. The number of nitrogens with zero attached hydrogens (tertiary/aromatic N) is 1. The van der Waals surface area contributed by atoms with Crippen molar-refractivity contribution in [2.45, 2.75) is 25.7 Å². The summed E-state index contributed by atoms with van der Waals surface area (Å²) in [5, 5.41) is 24.3. The van der Waals surface area contributed by atoms with Gasteiger partial charge in [0.05, 0.1) is 13.0 Å². The van der Waals surface area contributed by atoms with Crippen LogP contribution in [0.1, 0.15) is 36.0 Å². The Bertz CT molecular complexity index is 806. The van der Waals surface area contributed by atoms with Crippen molar-refractivity contribution in [2.24, 2.45) is 0 Å². The highest BCUT2D eigenvalue weighted by Crippen LogP contribution is 2.13. The molecule has 0 aliphatic carbocycles. The summed E-state index contributed by atoms with van der Waals surface area (Å²) in [6, 6.07) is 9.05.